The summed E-state index contributed by atoms with van der Waals surface area (Å²) < 4.78 is 0. The van der Waals surface area contributed by atoms with Crippen LogP contribution < -0.4 is 11.1 Å². The van der Waals surface area contributed by atoms with E-state index in [1.54, 1.807) is 24.1 Å². The number of benzene rings is 1. The maximum absolute atomic E-state index is 12.0. The van der Waals surface area contributed by atoms with Gasteiger partial charge in [-0.1, -0.05) is 11.6 Å². The summed E-state index contributed by atoms with van der Waals surface area (Å²) in [6.07, 6.45) is 0.620. The van der Waals surface area contributed by atoms with Crippen LogP contribution in [0.15, 0.2) is 18.2 Å². The number of nitrogen functional groups attached to an aromatic ring is 1. The number of likely N-dealkylation sites (N-methyl/N-ethyl adjacent to an activating group) is 1. The van der Waals surface area contributed by atoms with Gasteiger partial charge in [0.1, 0.15) is 6.04 Å². The molecule has 2 rings (SSSR count). The van der Waals surface area contributed by atoms with E-state index in [0.29, 0.717) is 29.2 Å². The van der Waals surface area contributed by atoms with Gasteiger partial charge in [0.25, 0.3) is 5.91 Å². The topological polar surface area (TPSA) is 75.4 Å². The minimum Gasteiger partial charge on any atom is -0.398 e. The molecule has 18 heavy (non-hydrogen) atoms. The molecule has 3 N–H and O–H groups in total. The van der Waals surface area contributed by atoms with Gasteiger partial charge >= 0.3 is 0 Å². The molecule has 0 bridgehead atoms. The van der Waals surface area contributed by atoms with Gasteiger partial charge < -0.3 is 16.0 Å². The normalized spacial score (nSPS) is 19.1. The van der Waals surface area contributed by atoms with Crippen LogP contribution in [0.4, 0.5) is 5.69 Å². The van der Waals surface area contributed by atoms with Crippen LogP contribution in [0.3, 0.4) is 0 Å². The molecule has 96 valence electrons. The molecule has 0 aromatic heterocycles. The Hall–Kier alpha value is -1.75. The smallest absolute Gasteiger partial charge is 0.254 e. The highest BCUT2D eigenvalue weighted by Gasteiger charge is 2.30. The van der Waals surface area contributed by atoms with Crippen LogP contribution in [0.5, 0.6) is 0 Å². The Balaban J connectivity index is 2.11. The van der Waals surface area contributed by atoms with E-state index in [1.165, 1.54) is 6.07 Å². The maximum Gasteiger partial charge on any atom is 0.254 e. The highest BCUT2D eigenvalue weighted by molar-refractivity contribution is 6.31. The molecule has 1 fully saturated rings. The van der Waals surface area contributed by atoms with Crippen molar-refractivity contribution in [3.8, 4) is 0 Å². The second kappa shape index (κ2) is 4.86. The molecule has 1 aromatic rings. The summed E-state index contributed by atoms with van der Waals surface area (Å²) in [4.78, 5) is 25.2. The van der Waals surface area contributed by atoms with Gasteiger partial charge in [-0.15, -0.1) is 0 Å². The second-order valence-electron chi connectivity index (χ2n) is 4.31. The number of halogens is 1. The number of nitrogens with zero attached hydrogens (tertiary/aromatic N) is 1. The molecule has 1 aliphatic rings. The van der Waals surface area contributed by atoms with E-state index < -0.39 is 6.04 Å². The second-order valence-corrected chi connectivity index (χ2v) is 4.74. The Morgan fingerprint density at radius 1 is 1.56 bits per heavy atom. The van der Waals surface area contributed by atoms with E-state index >= 15 is 0 Å². The molecule has 0 aliphatic carbocycles. The lowest BCUT2D eigenvalue weighted by Crippen LogP contribution is -2.40. The zero-order valence-electron chi connectivity index (χ0n) is 9.94. The van der Waals surface area contributed by atoms with Gasteiger partial charge in [0.2, 0.25) is 5.91 Å². The fraction of sp³-hybridized carbons (Fsp3) is 0.333. The number of anilines is 1. The molecule has 1 atom stereocenters. The van der Waals surface area contributed by atoms with E-state index in [-0.39, 0.29) is 11.8 Å². The fourth-order valence-electron chi connectivity index (χ4n) is 1.93. The summed E-state index contributed by atoms with van der Waals surface area (Å²) in [6.45, 7) is 0.653. The van der Waals surface area contributed by atoms with Crippen LogP contribution in [0.1, 0.15) is 16.8 Å². The Morgan fingerprint density at radius 3 is 2.83 bits per heavy atom. The fourth-order valence-corrected chi connectivity index (χ4v) is 2.11. The Labute approximate surface area is 110 Å². The highest BCUT2D eigenvalue weighted by Crippen LogP contribution is 2.18. The van der Waals surface area contributed by atoms with Crippen molar-refractivity contribution in [3.63, 3.8) is 0 Å². The molecular weight excluding hydrogens is 254 g/mol. The number of hydrogen-bond acceptors (Lipinski definition) is 3. The molecular formula is C12H14ClN3O2. The Morgan fingerprint density at radius 2 is 2.28 bits per heavy atom. The number of carbonyl (C=O) groups is 2. The Kier molecular flexibility index (Phi) is 3.43. The third-order valence-corrected chi connectivity index (χ3v) is 3.23. The summed E-state index contributed by atoms with van der Waals surface area (Å²) >= 11 is 5.76. The van der Waals surface area contributed by atoms with Crippen molar-refractivity contribution in [1.29, 1.82) is 0 Å². The monoisotopic (exact) mass is 267 g/mol. The molecule has 6 heteroatoms. The molecule has 0 spiro atoms. The van der Waals surface area contributed by atoms with E-state index in [1.807, 2.05) is 0 Å². The predicted octanol–water partition coefficient (Wildman–Crippen LogP) is 0.883. The van der Waals surface area contributed by atoms with Crippen molar-refractivity contribution in [2.75, 3.05) is 19.3 Å². The lowest BCUT2D eigenvalue weighted by atomic mass is 10.1. The van der Waals surface area contributed by atoms with Crippen LogP contribution in [0.25, 0.3) is 0 Å². The lowest BCUT2D eigenvalue weighted by Gasteiger charge is -2.13. The molecule has 1 heterocycles. The highest BCUT2D eigenvalue weighted by atomic mass is 35.5. The van der Waals surface area contributed by atoms with Crippen molar-refractivity contribution in [3.05, 3.63) is 28.8 Å². The lowest BCUT2D eigenvalue weighted by molar-refractivity contribution is -0.128. The van der Waals surface area contributed by atoms with Crippen molar-refractivity contribution < 1.29 is 9.59 Å². The van der Waals surface area contributed by atoms with Crippen molar-refractivity contribution >= 4 is 29.1 Å². The first kappa shape index (κ1) is 12.7. The maximum atomic E-state index is 12.0. The number of hydrogen-bond donors (Lipinski definition) is 2. The third kappa shape index (κ3) is 2.41. The first-order chi connectivity index (χ1) is 8.49. The van der Waals surface area contributed by atoms with Crippen LogP contribution in [0, 0.1) is 0 Å². The number of nitrogens with one attached hydrogen (secondary N) is 1. The number of rotatable bonds is 2. The molecule has 2 amide bonds. The molecule has 0 radical (unpaired) electrons. The molecule has 1 aliphatic heterocycles. The van der Waals surface area contributed by atoms with Gasteiger partial charge in [-0.2, -0.15) is 0 Å². The van der Waals surface area contributed by atoms with Gasteiger partial charge in [-0.25, -0.2) is 0 Å². The van der Waals surface area contributed by atoms with Gasteiger partial charge in [0.15, 0.2) is 0 Å². The van der Waals surface area contributed by atoms with Crippen LogP contribution >= 0.6 is 11.6 Å². The minimum atomic E-state index is -0.461. The summed E-state index contributed by atoms with van der Waals surface area (Å²) in [5, 5.41) is 3.16. The molecule has 1 unspecified atom stereocenters. The quantitative estimate of drug-likeness (QED) is 0.781. The molecule has 5 nitrogen and oxygen atoms in total. The number of amides is 2. The van der Waals surface area contributed by atoms with E-state index in [2.05, 4.69) is 5.32 Å². The standard InChI is InChI=1S/C12H14ClN3O2/c1-16-5-4-10(12(16)18)15-11(17)8-3-2-7(13)6-9(8)14/h2-3,6,10H,4-5,14H2,1H3,(H,15,17). The summed E-state index contributed by atoms with van der Waals surface area (Å²) in [7, 11) is 1.71. The van der Waals surface area contributed by atoms with Crippen molar-refractivity contribution in [2.24, 2.45) is 0 Å². The molecule has 1 saturated heterocycles. The summed E-state index contributed by atoms with van der Waals surface area (Å²) in [5.41, 5.74) is 6.36. The van der Waals surface area contributed by atoms with Gasteiger partial charge in [0.05, 0.1) is 5.56 Å². The van der Waals surface area contributed by atoms with E-state index in [0.717, 1.165) is 0 Å². The van der Waals surface area contributed by atoms with Crippen LogP contribution in [0.2, 0.25) is 5.02 Å². The predicted molar refractivity (Wildman–Crippen MR) is 69.4 cm³/mol. The van der Waals surface area contributed by atoms with Crippen LogP contribution in [-0.2, 0) is 4.79 Å². The Bertz CT molecular complexity index is 504. The average molecular weight is 268 g/mol. The number of carbonyl (C=O) groups excluding carboxylic acids is 2. The zero-order valence-corrected chi connectivity index (χ0v) is 10.7. The first-order valence-corrected chi connectivity index (χ1v) is 5.97. The minimum absolute atomic E-state index is 0.0733. The van der Waals surface area contributed by atoms with Crippen LogP contribution in [-0.4, -0.2) is 36.3 Å². The number of likely N-dealkylation sites (tertiary alicyclic amines) is 1. The summed E-state index contributed by atoms with van der Waals surface area (Å²) in [6, 6.07) is 4.20. The van der Waals surface area contributed by atoms with Gasteiger partial charge in [0, 0.05) is 24.3 Å². The summed E-state index contributed by atoms with van der Waals surface area (Å²) in [5.74, 6) is -0.422. The van der Waals surface area contributed by atoms with Gasteiger partial charge in [-0.3, -0.25) is 9.59 Å². The molecule has 1 aromatic carbocycles. The van der Waals surface area contributed by atoms with Crippen molar-refractivity contribution in [2.45, 2.75) is 12.5 Å². The largest absolute Gasteiger partial charge is 0.398 e. The van der Waals surface area contributed by atoms with Gasteiger partial charge in [-0.05, 0) is 24.6 Å². The van der Waals surface area contributed by atoms with E-state index in [4.69, 9.17) is 17.3 Å². The SMILES string of the molecule is CN1CCC(NC(=O)c2ccc(Cl)cc2N)C1=O. The molecule has 0 saturated carbocycles. The van der Waals surface area contributed by atoms with E-state index in [9.17, 15) is 9.59 Å². The first-order valence-electron chi connectivity index (χ1n) is 5.60. The van der Waals surface area contributed by atoms with Crippen molar-refractivity contribution in [1.82, 2.24) is 10.2 Å². The number of nitrogens with two attached hydrogens (primary N) is 1. The zero-order chi connectivity index (χ0) is 13.3. The average Bonchev–Trinajstić information content (AvgIpc) is 2.61. The third-order valence-electron chi connectivity index (χ3n) is 2.99.